The molecular formula is C16H24N2O2. The highest BCUT2D eigenvalue weighted by atomic mass is 16.5. The third-order valence-electron chi connectivity index (χ3n) is 3.84. The molecule has 0 bridgehead atoms. The average Bonchev–Trinajstić information content (AvgIpc) is 2.45. The second kappa shape index (κ2) is 6.35. The highest BCUT2D eigenvalue weighted by Crippen LogP contribution is 2.22. The Bertz CT molecular complexity index is 497. The molecule has 20 heavy (non-hydrogen) atoms. The van der Waals surface area contributed by atoms with Gasteiger partial charge in [-0.3, -0.25) is 9.88 Å². The van der Waals surface area contributed by atoms with E-state index in [-0.39, 0.29) is 5.97 Å². The van der Waals surface area contributed by atoms with Gasteiger partial charge in [0.15, 0.2) is 0 Å². The molecule has 0 aromatic carbocycles. The first-order valence-electron chi connectivity index (χ1n) is 7.49. The summed E-state index contributed by atoms with van der Waals surface area (Å²) in [6.07, 6.45) is 1.72. The fraction of sp³-hybridized carbons (Fsp3) is 0.625. The van der Waals surface area contributed by atoms with Gasteiger partial charge < -0.3 is 4.74 Å². The summed E-state index contributed by atoms with van der Waals surface area (Å²) >= 11 is 0. The molecule has 0 unspecified atom stereocenters. The molecule has 1 aromatic heterocycles. The number of aromatic nitrogens is 1. The van der Waals surface area contributed by atoms with Crippen molar-refractivity contribution < 1.29 is 9.53 Å². The molecule has 2 heterocycles. The average molecular weight is 276 g/mol. The van der Waals surface area contributed by atoms with Crippen molar-refractivity contribution in [2.24, 2.45) is 0 Å². The van der Waals surface area contributed by atoms with Gasteiger partial charge in [0.1, 0.15) is 0 Å². The molecular weight excluding hydrogens is 252 g/mol. The smallest absolute Gasteiger partial charge is 0.339 e. The van der Waals surface area contributed by atoms with E-state index in [0.717, 1.165) is 37.3 Å². The molecule has 0 fully saturated rings. The number of nitrogens with zero attached hydrogens (tertiary/aromatic N) is 2. The van der Waals surface area contributed by atoms with Gasteiger partial charge in [0.25, 0.3) is 0 Å². The van der Waals surface area contributed by atoms with E-state index in [1.54, 1.807) is 0 Å². The molecule has 0 saturated heterocycles. The Morgan fingerprint density at radius 1 is 1.45 bits per heavy atom. The number of carbonyl (C=O) groups is 1. The topological polar surface area (TPSA) is 42.4 Å². The van der Waals surface area contributed by atoms with Crippen molar-refractivity contribution in [2.45, 2.75) is 53.1 Å². The Labute approximate surface area is 121 Å². The molecule has 4 nitrogen and oxygen atoms in total. The highest BCUT2D eigenvalue weighted by molar-refractivity contribution is 5.90. The summed E-state index contributed by atoms with van der Waals surface area (Å²) < 4.78 is 5.14. The lowest BCUT2D eigenvalue weighted by Crippen LogP contribution is -2.36. The Morgan fingerprint density at radius 2 is 2.20 bits per heavy atom. The summed E-state index contributed by atoms with van der Waals surface area (Å²) in [5.74, 6) is -0.249. The number of ether oxygens (including phenoxy) is 1. The molecule has 2 rings (SSSR count). The van der Waals surface area contributed by atoms with Gasteiger partial charge in [-0.2, -0.15) is 0 Å². The molecule has 1 aliphatic heterocycles. The second-order valence-corrected chi connectivity index (χ2v) is 5.48. The van der Waals surface area contributed by atoms with E-state index in [9.17, 15) is 4.79 Å². The SMILES string of the molecule is CCOC(=O)c1cc2c(nc1CC)CCN(C(C)C)C2. The number of esters is 1. The number of aryl methyl sites for hydroxylation is 1. The zero-order valence-electron chi connectivity index (χ0n) is 12.9. The highest BCUT2D eigenvalue weighted by Gasteiger charge is 2.23. The van der Waals surface area contributed by atoms with Gasteiger partial charge >= 0.3 is 5.97 Å². The van der Waals surface area contributed by atoms with Crippen LogP contribution in [0.3, 0.4) is 0 Å². The maximum Gasteiger partial charge on any atom is 0.339 e. The van der Waals surface area contributed by atoms with E-state index in [1.807, 2.05) is 19.9 Å². The van der Waals surface area contributed by atoms with Crippen LogP contribution in [0.4, 0.5) is 0 Å². The standard InChI is InChI=1S/C16H24N2O2/c1-5-14-13(16(19)20-6-2)9-12-10-18(11(3)4)8-7-15(12)17-14/h9,11H,5-8,10H2,1-4H3. The van der Waals surface area contributed by atoms with Crippen molar-refractivity contribution in [3.05, 3.63) is 28.6 Å². The lowest BCUT2D eigenvalue weighted by molar-refractivity contribution is 0.0524. The molecule has 0 aliphatic carbocycles. The van der Waals surface area contributed by atoms with Crippen LogP contribution in [0.25, 0.3) is 0 Å². The van der Waals surface area contributed by atoms with Crippen molar-refractivity contribution in [3.8, 4) is 0 Å². The van der Waals surface area contributed by atoms with Crippen LogP contribution in [0, 0.1) is 0 Å². The van der Waals surface area contributed by atoms with Crippen LogP contribution in [0.2, 0.25) is 0 Å². The normalized spacial score (nSPS) is 15.2. The molecule has 0 N–H and O–H groups in total. The minimum absolute atomic E-state index is 0.249. The summed E-state index contributed by atoms with van der Waals surface area (Å²) in [6, 6.07) is 2.51. The maximum absolute atomic E-state index is 12.0. The Hall–Kier alpha value is -1.42. The van der Waals surface area contributed by atoms with Gasteiger partial charge in [-0.15, -0.1) is 0 Å². The van der Waals surface area contributed by atoms with Crippen molar-refractivity contribution >= 4 is 5.97 Å². The lowest BCUT2D eigenvalue weighted by Gasteiger charge is -2.31. The Kier molecular flexibility index (Phi) is 4.76. The van der Waals surface area contributed by atoms with Gasteiger partial charge in [0.05, 0.1) is 17.9 Å². The van der Waals surface area contributed by atoms with Gasteiger partial charge in [-0.05, 0) is 38.8 Å². The summed E-state index contributed by atoms with van der Waals surface area (Å²) in [7, 11) is 0. The summed E-state index contributed by atoms with van der Waals surface area (Å²) in [4.78, 5) is 19.2. The summed E-state index contributed by atoms with van der Waals surface area (Å²) in [5.41, 5.74) is 3.82. The number of hydrogen-bond donors (Lipinski definition) is 0. The van der Waals surface area contributed by atoms with Crippen LogP contribution in [0.5, 0.6) is 0 Å². The minimum Gasteiger partial charge on any atom is -0.462 e. The summed E-state index contributed by atoms with van der Waals surface area (Å²) in [5, 5.41) is 0. The number of rotatable bonds is 4. The molecule has 0 saturated carbocycles. The van der Waals surface area contributed by atoms with Crippen LogP contribution >= 0.6 is 0 Å². The predicted molar refractivity (Wildman–Crippen MR) is 78.8 cm³/mol. The maximum atomic E-state index is 12.0. The van der Waals surface area contributed by atoms with E-state index in [1.165, 1.54) is 5.56 Å². The fourth-order valence-electron chi connectivity index (χ4n) is 2.63. The third-order valence-corrected chi connectivity index (χ3v) is 3.84. The molecule has 0 amide bonds. The lowest BCUT2D eigenvalue weighted by atomic mass is 10.00. The zero-order chi connectivity index (χ0) is 14.7. The molecule has 0 spiro atoms. The number of pyridine rings is 1. The second-order valence-electron chi connectivity index (χ2n) is 5.48. The van der Waals surface area contributed by atoms with E-state index in [4.69, 9.17) is 9.72 Å². The van der Waals surface area contributed by atoms with Crippen molar-refractivity contribution in [2.75, 3.05) is 13.2 Å². The van der Waals surface area contributed by atoms with E-state index in [0.29, 0.717) is 18.2 Å². The van der Waals surface area contributed by atoms with Gasteiger partial charge in [-0.1, -0.05) is 6.92 Å². The first-order valence-corrected chi connectivity index (χ1v) is 7.49. The van der Waals surface area contributed by atoms with Crippen molar-refractivity contribution in [1.82, 2.24) is 9.88 Å². The molecule has 1 aromatic rings. The van der Waals surface area contributed by atoms with E-state index >= 15 is 0 Å². The third kappa shape index (κ3) is 3.01. The number of fused-ring (bicyclic) bond motifs is 1. The Morgan fingerprint density at radius 3 is 2.80 bits per heavy atom. The largest absolute Gasteiger partial charge is 0.462 e. The van der Waals surface area contributed by atoms with Crippen molar-refractivity contribution in [3.63, 3.8) is 0 Å². The van der Waals surface area contributed by atoms with Crippen LogP contribution < -0.4 is 0 Å². The van der Waals surface area contributed by atoms with Crippen LogP contribution in [0.15, 0.2) is 6.07 Å². The predicted octanol–water partition coefficient (Wildman–Crippen LogP) is 2.59. The number of carbonyl (C=O) groups excluding carboxylic acids is 1. The zero-order valence-corrected chi connectivity index (χ0v) is 12.9. The molecule has 4 heteroatoms. The summed E-state index contributed by atoms with van der Waals surface area (Å²) in [6.45, 7) is 10.6. The quantitative estimate of drug-likeness (QED) is 0.793. The first-order chi connectivity index (χ1) is 9.56. The first kappa shape index (κ1) is 15.0. The van der Waals surface area contributed by atoms with Gasteiger partial charge in [0.2, 0.25) is 0 Å². The van der Waals surface area contributed by atoms with Gasteiger partial charge in [0, 0.05) is 31.2 Å². The van der Waals surface area contributed by atoms with Crippen LogP contribution in [0.1, 0.15) is 55.0 Å². The van der Waals surface area contributed by atoms with Crippen LogP contribution in [-0.2, 0) is 24.1 Å². The molecule has 0 atom stereocenters. The molecule has 110 valence electrons. The van der Waals surface area contributed by atoms with E-state index in [2.05, 4.69) is 18.7 Å². The van der Waals surface area contributed by atoms with Gasteiger partial charge in [-0.25, -0.2) is 4.79 Å². The van der Waals surface area contributed by atoms with Crippen LogP contribution in [-0.4, -0.2) is 35.0 Å². The Balaban J connectivity index is 2.35. The fourth-order valence-corrected chi connectivity index (χ4v) is 2.63. The minimum atomic E-state index is -0.249. The molecule has 1 aliphatic rings. The van der Waals surface area contributed by atoms with E-state index < -0.39 is 0 Å². The van der Waals surface area contributed by atoms with Crippen molar-refractivity contribution in [1.29, 1.82) is 0 Å². The monoisotopic (exact) mass is 276 g/mol. The number of hydrogen-bond acceptors (Lipinski definition) is 4. The molecule has 0 radical (unpaired) electrons.